The summed E-state index contributed by atoms with van der Waals surface area (Å²) in [5.74, 6) is -0.121. The highest BCUT2D eigenvalue weighted by Crippen LogP contribution is 2.33. The van der Waals surface area contributed by atoms with E-state index in [-0.39, 0.29) is 11.8 Å². The maximum atomic E-state index is 12.8. The van der Waals surface area contributed by atoms with Crippen LogP contribution in [0.2, 0.25) is 0 Å². The third kappa shape index (κ3) is 3.80. The molecule has 0 radical (unpaired) electrons. The minimum atomic E-state index is -0.485. The van der Waals surface area contributed by atoms with Crippen molar-refractivity contribution in [2.75, 3.05) is 11.9 Å². The average molecular weight is 372 g/mol. The van der Waals surface area contributed by atoms with E-state index in [4.69, 9.17) is 0 Å². The Morgan fingerprint density at radius 1 is 1.23 bits per heavy atom. The van der Waals surface area contributed by atoms with E-state index in [0.29, 0.717) is 18.1 Å². The normalized spacial score (nSPS) is 17.4. The number of nitrogens with one attached hydrogen (secondary N) is 1. The highest BCUT2D eigenvalue weighted by atomic mass is 32.1. The SMILES string of the molecule is Cc1nc(NC(=O)C2CCCN2C(=O)C(C)(C)C)sc1-c1ccccc1. The molecule has 1 aromatic heterocycles. The maximum absolute atomic E-state index is 12.8. The summed E-state index contributed by atoms with van der Waals surface area (Å²) in [4.78, 5) is 32.7. The van der Waals surface area contributed by atoms with Gasteiger partial charge in [-0.3, -0.25) is 9.59 Å². The molecule has 138 valence electrons. The van der Waals surface area contributed by atoms with Crippen molar-refractivity contribution in [3.05, 3.63) is 36.0 Å². The fraction of sp³-hybridized carbons (Fsp3) is 0.450. The first-order valence-electron chi connectivity index (χ1n) is 8.92. The molecule has 0 bridgehead atoms. The van der Waals surface area contributed by atoms with Gasteiger partial charge in [-0.05, 0) is 25.3 Å². The molecule has 1 aromatic carbocycles. The summed E-state index contributed by atoms with van der Waals surface area (Å²) in [7, 11) is 0. The van der Waals surface area contributed by atoms with Crippen LogP contribution in [0, 0.1) is 12.3 Å². The monoisotopic (exact) mass is 371 g/mol. The predicted molar refractivity (Wildman–Crippen MR) is 105 cm³/mol. The molecule has 1 atom stereocenters. The van der Waals surface area contributed by atoms with Gasteiger partial charge < -0.3 is 10.2 Å². The molecule has 2 amide bonds. The third-order valence-electron chi connectivity index (χ3n) is 4.52. The summed E-state index contributed by atoms with van der Waals surface area (Å²) in [6, 6.07) is 9.61. The van der Waals surface area contributed by atoms with E-state index in [2.05, 4.69) is 10.3 Å². The largest absolute Gasteiger partial charge is 0.330 e. The van der Waals surface area contributed by atoms with Crippen molar-refractivity contribution < 1.29 is 9.59 Å². The number of carbonyl (C=O) groups is 2. The lowest BCUT2D eigenvalue weighted by Crippen LogP contribution is -2.47. The highest BCUT2D eigenvalue weighted by Gasteiger charge is 2.38. The zero-order valence-corrected chi connectivity index (χ0v) is 16.5. The Kier molecular flexibility index (Phi) is 5.14. The molecule has 6 heteroatoms. The number of hydrogen-bond donors (Lipinski definition) is 1. The Balaban J connectivity index is 1.75. The fourth-order valence-electron chi connectivity index (χ4n) is 3.21. The van der Waals surface area contributed by atoms with Gasteiger partial charge >= 0.3 is 0 Å². The molecule has 5 nitrogen and oxygen atoms in total. The van der Waals surface area contributed by atoms with Crippen LogP contribution in [-0.2, 0) is 9.59 Å². The van der Waals surface area contributed by atoms with Crippen LogP contribution in [0.3, 0.4) is 0 Å². The molecule has 1 fully saturated rings. The third-order valence-corrected chi connectivity index (χ3v) is 5.64. The molecule has 1 unspecified atom stereocenters. The van der Waals surface area contributed by atoms with Crippen molar-refractivity contribution in [1.82, 2.24) is 9.88 Å². The molecule has 3 rings (SSSR count). The highest BCUT2D eigenvalue weighted by molar-refractivity contribution is 7.19. The number of amides is 2. The van der Waals surface area contributed by atoms with Crippen molar-refractivity contribution >= 4 is 28.3 Å². The van der Waals surface area contributed by atoms with Crippen LogP contribution < -0.4 is 5.32 Å². The van der Waals surface area contributed by atoms with E-state index in [0.717, 1.165) is 22.6 Å². The number of carbonyl (C=O) groups excluding carboxylic acids is 2. The number of thiazole rings is 1. The van der Waals surface area contributed by atoms with Gasteiger partial charge in [0.05, 0.1) is 10.6 Å². The van der Waals surface area contributed by atoms with Gasteiger partial charge in [-0.2, -0.15) is 0 Å². The number of anilines is 1. The quantitative estimate of drug-likeness (QED) is 0.884. The number of likely N-dealkylation sites (tertiary alicyclic amines) is 1. The first-order chi connectivity index (χ1) is 12.3. The van der Waals surface area contributed by atoms with Crippen molar-refractivity contribution in [3.63, 3.8) is 0 Å². The zero-order chi connectivity index (χ0) is 18.9. The van der Waals surface area contributed by atoms with Gasteiger partial charge in [-0.25, -0.2) is 4.98 Å². The summed E-state index contributed by atoms with van der Waals surface area (Å²) >= 11 is 1.47. The second kappa shape index (κ2) is 7.19. The average Bonchev–Trinajstić information content (AvgIpc) is 3.20. The van der Waals surface area contributed by atoms with Crippen LogP contribution in [0.4, 0.5) is 5.13 Å². The predicted octanol–water partition coefficient (Wildman–Crippen LogP) is 4.09. The molecule has 1 saturated heterocycles. The van der Waals surface area contributed by atoms with Crippen LogP contribution >= 0.6 is 11.3 Å². The summed E-state index contributed by atoms with van der Waals surface area (Å²) < 4.78 is 0. The van der Waals surface area contributed by atoms with E-state index < -0.39 is 11.5 Å². The minimum Gasteiger partial charge on any atom is -0.330 e. The summed E-state index contributed by atoms with van der Waals surface area (Å²) in [6.45, 7) is 8.25. The van der Waals surface area contributed by atoms with Gasteiger partial charge in [-0.1, -0.05) is 62.4 Å². The van der Waals surface area contributed by atoms with Crippen LogP contribution in [0.15, 0.2) is 30.3 Å². The van der Waals surface area contributed by atoms with Crippen LogP contribution in [-0.4, -0.2) is 34.3 Å². The van der Waals surface area contributed by atoms with E-state index in [1.807, 2.05) is 58.0 Å². The molecule has 0 spiro atoms. The Hall–Kier alpha value is -2.21. The molecular weight excluding hydrogens is 346 g/mol. The Morgan fingerprint density at radius 2 is 1.92 bits per heavy atom. The summed E-state index contributed by atoms with van der Waals surface area (Å²) in [6.07, 6.45) is 1.55. The molecule has 1 N–H and O–H groups in total. The van der Waals surface area contributed by atoms with Gasteiger partial charge in [0.25, 0.3) is 0 Å². The molecule has 1 aliphatic heterocycles. The van der Waals surface area contributed by atoms with Crippen molar-refractivity contribution in [2.45, 2.75) is 46.6 Å². The van der Waals surface area contributed by atoms with E-state index in [1.165, 1.54) is 11.3 Å². The lowest BCUT2D eigenvalue weighted by Gasteiger charge is -2.30. The van der Waals surface area contributed by atoms with E-state index in [9.17, 15) is 9.59 Å². The van der Waals surface area contributed by atoms with Gasteiger partial charge in [0.1, 0.15) is 6.04 Å². The summed E-state index contributed by atoms with van der Waals surface area (Å²) in [5, 5.41) is 3.51. The number of rotatable bonds is 3. The molecule has 0 aliphatic carbocycles. The smallest absolute Gasteiger partial charge is 0.248 e. The molecule has 1 aliphatic rings. The number of aryl methyl sites for hydroxylation is 1. The second-order valence-electron chi connectivity index (χ2n) is 7.70. The first kappa shape index (κ1) is 18.6. The van der Waals surface area contributed by atoms with Crippen LogP contribution in [0.5, 0.6) is 0 Å². The standard InChI is InChI=1S/C20H25N3O2S/c1-13-16(14-9-6-5-7-10-14)26-19(21-13)22-17(24)15-11-8-12-23(15)18(25)20(2,3)4/h5-7,9-10,15H,8,11-12H2,1-4H3,(H,21,22,24). The molecule has 0 saturated carbocycles. The fourth-order valence-corrected chi connectivity index (χ4v) is 4.18. The van der Waals surface area contributed by atoms with E-state index >= 15 is 0 Å². The van der Waals surface area contributed by atoms with E-state index in [1.54, 1.807) is 4.90 Å². The van der Waals surface area contributed by atoms with Gasteiger partial charge in [0, 0.05) is 12.0 Å². The van der Waals surface area contributed by atoms with Crippen LogP contribution in [0.25, 0.3) is 10.4 Å². The van der Waals surface area contributed by atoms with Crippen LogP contribution in [0.1, 0.15) is 39.3 Å². The molecule has 2 heterocycles. The minimum absolute atomic E-state index is 0.0236. The second-order valence-corrected chi connectivity index (χ2v) is 8.69. The van der Waals surface area contributed by atoms with Crippen molar-refractivity contribution in [3.8, 4) is 10.4 Å². The first-order valence-corrected chi connectivity index (χ1v) is 9.74. The number of benzene rings is 1. The van der Waals surface area contributed by atoms with Gasteiger partial charge in [0.2, 0.25) is 11.8 Å². The lowest BCUT2D eigenvalue weighted by molar-refractivity contribution is -0.143. The van der Waals surface area contributed by atoms with Gasteiger partial charge in [0.15, 0.2) is 5.13 Å². The molecular formula is C20H25N3O2S. The molecule has 2 aromatic rings. The number of aromatic nitrogens is 1. The maximum Gasteiger partial charge on any atom is 0.248 e. The Bertz CT molecular complexity index is 808. The number of nitrogens with zero attached hydrogens (tertiary/aromatic N) is 2. The Labute approximate surface area is 158 Å². The van der Waals surface area contributed by atoms with Crippen molar-refractivity contribution in [2.24, 2.45) is 5.41 Å². The number of hydrogen-bond acceptors (Lipinski definition) is 4. The molecule has 26 heavy (non-hydrogen) atoms. The summed E-state index contributed by atoms with van der Waals surface area (Å²) in [5.41, 5.74) is 1.50. The van der Waals surface area contributed by atoms with Crippen molar-refractivity contribution in [1.29, 1.82) is 0 Å². The Morgan fingerprint density at radius 3 is 2.58 bits per heavy atom. The van der Waals surface area contributed by atoms with Gasteiger partial charge in [-0.15, -0.1) is 0 Å². The topological polar surface area (TPSA) is 62.3 Å². The zero-order valence-electron chi connectivity index (χ0n) is 15.7. The lowest BCUT2D eigenvalue weighted by atomic mass is 9.94.